The molecule has 148 valence electrons. The maximum atomic E-state index is 13.9. The lowest BCUT2D eigenvalue weighted by Gasteiger charge is -2.18. The zero-order valence-electron chi connectivity index (χ0n) is 15.1. The largest absolute Gasteiger partial charge is 0.342 e. The Kier molecular flexibility index (Phi) is 4.48. The number of benzene rings is 2. The number of rotatable bonds is 3. The lowest BCUT2D eigenvalue weighted by atomic mass is 10.2. The van der Waals surface area contributed by atoms with Crippen LogP contribution >= 0.6 is 24.2 Å². The van der Waals surface area contributed by atoms with Crippen LogP contribution in [0.25, 0.3) is 27.8 Å². The third kappa shape index (κ3) is 2.94. The molecule has 0 aliphatic carbocycles. The fourth-order valence-corrected chi connectivity index (χ4v) is 3.93. The van der Waals surface area contributed by atoms with E-state index < -0.39 is 16.6 Å². The van der Waals surface area contributed by atoms with Crippen LogP contribution in [-0.4, -0.2) is 29.5 Å². The minimum atomic E-state index is -0.757. The van der Waals surface area contributed by atoms with Crippen molar-refractivity contribution in [2.75, 3.05) is 0 Å². The maximum Gasteiger partial charge on any atom is 0.266 e. The lowest BCUT2D eigenvalue weighted by molar-refractivity contribution is 0.629. The summed E-state index contributed by atoms with van der Waals surface area (Å²) in [5.74, 6) is -0.256. The van der Waals surface area contributed by atoms with Gasteiger partial charge in [-0.15, -0.1) is 0 Å². The molecule has 0 fully saturated rings. The zero-order valence-corrected chi connectivity index (χ0v) is 16.8. The lowest BCUT2D eigenvalue weighted by Crippen LogP contribution is -2.25. The van der Waals surface area contributed by atoms with Crippen LogP contribution in [0.2, 0.25) is 5.02 Å². The number of hydrogen-bond acceptors (Lipinski definition) is 6. The standard InChI is InChI=1S/C20H12ClFN6OS/c21-12-3-1-2-4-14(12)28-19(27-13-7-10(22)5-6-11(13)20(28)29)17(30)15-16-18(25-8-23-15)26-9-24-16/h1-9,17,30H,(H,23,24,25,26). The second-order valence-corrected chi connectivity index (χ2v) is 7.41. The highest BCUT2D eigenvalue weighted by atomic mass is 35.5. The Hall–Kier alpha value is -3.30. The number of para-hydroxylation sites is 1. The van der Waals surface area contributed by atoms with E-state index in [4.69, 9.17) is 24.2 Å². The van der Waals surface area contributed by atoms with Crippen molar-refractivity contribution in [3.8, 4) is 5.69 Å². The number of aromatic nitrogens is 6. The van der Waals surface area contributed by atoms with Gasteiger partial charge in [0.25, 0.3) is 5.56 Å². The van der Waals surface area contributed by atoms with Crippen LogP contribution in [0.3, 0.4) is 0 Å². The average molecular weight is 439 g/mol. The van der Waals surface area contributed by atoms with Crippen molar-refractivity contribution >= 4 is 46.3 Å². The van der Waals surface area contributed by atoms with E-state index in [9.17, 15) is 9.18 Å². The van der Waals surface area contributed by atoms with Crippen LogP contribution < -0.4 is 5.56 Å². The summed E-state index contributed by atoms with van der Waals surface area (Å²) in [5, 5.41) is -0.137. The number of imidazole rings is 1. The van der Waals surface area contributed by atoms with Crippen molar-refractivity contribution in [2.45, 2.75) is 5.25 Å². The molecule has 5 aromatic rings. The van der Waals surface area contributed by atoms with Gasteiger partial charge in [-0.25, -0.2) is 24.3 Å². The Morgan fingerprint density at radius 1 is 1.13 bits per heavy atom. The van der Waals surface area contributed by atoms with Gasteiger partial charge in [-0.2, -0.15) is 12.6 Å². The highest BCUT2D eigenvalue weighted by Crippen LogP contribution is 2.32. The first-order valence-electron chi connectivity index (χ1n) is 8.84. The van der Waals surface area contributed by atoms with Crippen LogP contribution in [0.1, 0.15) is 16.8 Å². The van der Waals surface area contributed by atoms with E-state index in [-0.39, 0.29) is 16.7 Å². The number of H-pyrrole nitrogens is 1. The molecule has 0 amide bonds. The van der Waals surface area contributed by atoms with Gasteiger partial charge < -0.3 is 4.98 Å². The van der Waals surface area contributed by atoms with Gasteiger partial charge in [0.2, 0.25) is 0 Å². The average Bonchev–Trinajstić information content (AvgIpc) is 3.23. The zero-order chi connectivity index (χ0) is 20.8. The van der Waals surface area contributed by atoms with E-state index in [1.807, 2.05) is 0 Å². The van der Waals surface area contributed by atoms with E-state index in [1.54, 1.807) is 24.3 Å². The van der Waals surface area contributed by atoms with Crippen LogP contribution in [-0.2, 0) is 0 Å². The third-order valence-corrected chi connectivity index (χ3v) is 5.50. The van der Waals surface area contributed by atoms with Crippen molar-refractivity contribution in [1.29, 1.82) is 0 Å². The smallest absolute Gasteiger partial charge is 0.266 e. The summed E-state index contributed by atoms with van der Waals surface area (Å²) in [6.45, 7) is 0. The molecule has 0 aliphatic heterocycles. The number of nitrogens with one attached hydrogen (secondary N) is 1. The molecular weight excluding hydrogens is 427 g/mol. The molecule has 0 spiro atoms. The molecule has 10 heteroatoms. The van der Waals surface area contributed by atoms with Crippen LogP contribution in [0.4, 0.5) is 4.39 Å². The molecule has 1 N–H and O–H groups in total. The van der Waals surface area contributed by atoms with Gasteiger partial charge in [-0.05, 0) is 24.3 Å². The molecule has 0 aliphatic rings. The Morgan fingerprint density at radius 3 is 2.80 bits per heavy atom. The number of thiol groups is 1. The number of aromatic amines is 1. The SMILES string of the molecule is O=c1c2ccc(F)cc2nc(C(S)c2ncnc3nc[nH]c23)n1-c1ccccc1Cl. The Bertz CT molecular complexity index is 1480. The Morgan fingerprint density at radius 2 is 1.97 bits per heavy atom. The van der Waals surface area contributed by atoms with Gasteiger partial charge >= 0.3 is 0 Å². The highest BCUT2D eigenvalue weighted by Gasteiger charge is 2.24. The van der Waals surface area contributed by atoms with Crippen molar-refractivity contribution in [3.05, 3.63) is 87.8 Å². The Labute approximate surface area is 179 Å². The first kappa shape index (κ1) is 18.7. The Balaban J connectivity index is 1.86. The summed E-state index contributed by atoms with van der Waals surface area (Å²) >= 11 is 11.1. The molecule has 30 heavy (non-hydrogen) atoms. The quantitative estimate of drug-likeness (QED) is 0.417. The molecule has 1 atom stereocenters. The summed E-state index contributed by atoms with van der Waals surface area (Å²) in [4.78, 5) is 33.5. The molecule has 3 heterocycles. The van der Waals surface area contributed by atoms with E-state index in [2.05, 4.69) is 24.9 Å². The van der Waals surface area contributed by atoms with Gasteiger partial charge in [-0.1, -0.05) is 23.7 Å². The summed E-state index contributed by atoms with van der Waals surface area (Å²) in [6.07, 6.45) is 2.86. The van der Waals surface area contributed by atoms with Crippen molar-refractivity contribution in [1.82, 2.24) is 29.5 Å². The van der Waals surface area contributed by atoms with Gasteiger partial charge in [-0.3, -0.25) is 9.36 Å². The monoisotopic (exact) mass is 438 g/mol. The van der Waals surface area contributed by atoms with Crippen molar-refractivity contribution in [3.63, 3.8) is 0 Å². The third-order valence-electron chi connectivity index (χ3n) is 4.71. The number of nitrogens with zero attached hydrogens (tertiary/aromatic N) is 5. The topological polar surface area (TPSA) is 89.3 Å². The number of halogens is 2. The molecule has 0 bridgehead atoms. The van der Waals surface area contributed by atoms with Gasteiger partial charge in [0.15, 0.2) is 5.65 Å². The molecule has 2 aromatic carbocycles. The fraction of sp³-hybridized carbons (Fsp3) is 0.0500. The van der Waals surface area contributed by atoms with Crippen LogP contribution in [0, 0.1) is 5.82 Å². The van der Waals surface area contributed by atoms with E-state index in [0.29, 0.717) is 27.6 Å². The summed E-state index contributed by atoms with van der Waals surface area (Å²) in [7, 11) is 0. The molecule has 5 rings (SSSR count). The minimum Gasteiger partial charge on any atom is -0.342 e. The van der Waals surface area contributed by atoms with Gasteiger partial charge in [0.1, 0.15) is 28.7 Å². The summed E-state index contributed by atoms with van der Waals surface area (Å²) in [5.41, 5.74) is 1.76. The molecule has 0 saturated carbocycles. The predicted molar refractivity (Wildman–Crippen MR) is 115 cm³/mol. The van der Waals surface area contributed by atoms with E-state index in [0.717, 1.165) is 0 Å². The van der Waals surface area contributed by atoms with E-state index >= 15 is 0 Å². The minimum absolute atomic E-state index is 0.215. The fourth-order valence-electron chi connectivity index (χ4n) is 3.34. The summed E-state index contributed by atoms with van der Waals surface area (Å²) in [6, 6.07) is 10.7. The van der Waals surface area contributed by atoms with Crippen LogP contribution in [0.5, 0.6) is 0 Å². The molecule has 7 nitrogen and oxygen atoms in total. The van der Waals surface area contributed by atoms with Crippen LogP contribution in [0.15, 0.2) is 59.9 Å². The van der Waals surface area contributed by atoms with Crippen molar-refractivity contribution < 1.29 is 4.39 Å². The molecule has 1 unspecified atom stereocenters. The summed E-state index contributed by atoms with van der Waals surface area (Å²) < 4.78 is 15.2. The second kappa shape index (κ2) is 7.19. The molecule has 3 aromatic heterocycles. The first-order valence-corrected chi connectivity index (χ1v) is 9.73. The maximum absolute atomic E-state index is 13.9. The second-order valence-electron chi connectivity index (χ2n) is 6.49. The van der Waals surface area contributed by atoms with Crippen molar-refractivity contribution in [2.24, 2.45) is 0 Å². The number of fused-ring (bicyclic) bond motifs is 2. The molecule has 0 radical (unpaired) electrons. The van der Waals surface area contributed by atoms with Gasteiger partial charge in [0, 0.05) is 6.07 Å². The predicted octanol–water partition coefficient (Wildman–Crippen LogP) is 3.86. The first-order chi connectivity index (χ1) is 14.5. The molecule has 0 saturated heterocycles. The highest BCUT2D eigenvalue weighted by molar-refractivity contribution is 7.80. The molecular formula is C20H12ClFN6OS. The van der Waals surface area contributed by atoms with Gasteiger partial charge in [0.05, 0.1) is 33.6 Å². The van der Waals surface area contributed by atoms with E-state index in [1.165, 1.54) is 35.4 Å². The number of hydrogen-bond donors (Lipinski definition) is 2. The normalized spacial score (nSPS) is 12.5.